The molecular weight excluding hydrogens is 268 g/mol. The molecule has 20 heavy (non-hydrogen) atoms. The molecule has 1 aliphatic heterocycles. The van der Waals surface area contributed by atoms with E-state index in [1.54, 1.807) is 30.3 Å². The Morgan fingerprint density at radius 3 is 2.25 bits per heavy atom. The van der Waals surface area contributed by atoms with Crippen molar-refractivity contribution in [2.75, 3.05) is 0 Å². The number of hydrogen-bond acceptors (Lipinski definition) is 6. The molecule has 5 atom stereocenters. The summed E-state index contributed by atoms with van der Waals surface area (Å²) in [6.07, 6.45) is -7.62. The highest BCUT2D eigenvalue weighted by molar-refractivity contribution is 5.79. The first kappa shape index (κ1) is 14.9. The second-order valence-electron chi connectivity index (χ2n) is 4.79. The van der Waals surface area contributed by atoms with E-state index in [2.05, 4.69) is 0 Å². The number of aliphatic hydroxyl groups is 4. The number of aliphatic carboxylic acids is 1. The summed E-state index contributed by atoms with van der Waals surface area (Å²) < 4.78 is 4.93. The van der Waals surface area contributed by atoms with Gasteiger partial charge in [-0.15, -0.1) is 0 Å². The topological polar surface area (TPSA) is 127 Å². The summed E-state index contributed by atoms with van der Waals surface area (Å²) in [5.41, 5.74) is -1.68. The van der Waals surface area contributed by atoms with E-state index in [1.807, 2.05) is 0 Å². The van der Waals surface area contributed by atoms with Gasteiger partial charge >= 0.3 is 5.97 Å². The fraction of sp³-hybridized carbons (Fsp3) is 0.462. The molecule has 1 saturated heterocycles. The zero-order chi connectivity index (χ0) is 14.9. The van der Waals surface area contributed by atoms with E-state index < -0.39 is 36.2 Å². The minimum Gasteiger partial charge on any atom is -0.479 e. The molecule has 1 aromatic carbocycles. The maximum atomic E-state index is 11.5. The summed E-state index contributed by atoms with van der Waals surface area (Å²) in [5.74, 6) is -1.53. The van der Waals surface area contributed by atoms with Crippen LogP contribution in [0.15, 0.2) is 30.3 Å². The van der Waals surface area contributed by atoms with Gasteiger partial charge in [-0.25, -0.2) is 4.79 Å². The third kappa shape index (κ3) is 2.41. The molecule has 1 aliphatic rings. The summed E-state index contributed by atoms with van der Waals surface area (Å²) in [6, 6.07) is 8.36. The largest absolute Gasteiger partial charge is 0.479 e. The summed E-state index contributed by atoms with van der Waals surface area (Å²) in [6.45, 7) is 0. The summed E-state index contributed by atoms with van der Waals surface area (Å²) in [4.78, 5) is 11.5. The van der Waals surface area contributed by atoms with Gasteiger partial charge in [0.1, 0.15) is 18.3 Å². The molecule has 1 heterocycles. The fourth-order valence-corrected chi connectivity index (χ4v) is 2.28. The van der Waals surface area contributed by atoms with E-state index in [1.165, 1.54) is 0 Å². The van der Waals surface area contributed by atoms with Crippen molar-refractivity contribution in [3.63, 3.8) is 0 Å². The van der Waals surface area contributed by atoms with E-state index in [-0.39, 0.29) is 6.42 Å². The van der Waals surface area contributed by atoms with Gasteiger partial charge in [0.15, 0.2) is 11.9 Å². The minimum absolute atomic E-state index is 0.259. The van der Waals surface area contributed by atoms with E-state index in [0.717, 1.165) is 0 Å². The number of rotatable bonds is 3. The predicted molar refractivity (Wildman–Crippen MR) is 65.6 cm³/mol. The Hall–Kier alpha value is -1.51. The minimum atomic E-state index is -2.22. The summed E-state index contributed by atoms with van der Waals surface area (Å²) in [7, 11) is 0. The molecule has 2 rings (SSSR count). The van der Waals surface area contributed by atoms with Crippen molar-refractivity contribution in [3.05, 3.63) is 35.9 Å². The van der Waals surface area contributed by atoms with Crippen molar-refractivity contribution < 1.29 is 35.1 Å². The number of carbonyl (C=O) groups is 1. The Bertz CT molecular complexity index is 477. The number of carboxylic acid groups (broad SMARTS) is 1. The van der Waals surface area contributed by atoms with Gasteiger partial charge in [-0.2, -0.15) is 0 Å². The van der Waals surface area contributed by atoms with E-state index >= 15 is 0 Å². The highest BCUT2D eigenvalue weighted by atomic mass is 16.7. The van der Waals surface area contributed by atoms with Crippen molar-refractivity contribution in [3.8, 4) is 0 Å². The zero-order valence-electron chi connectivity index (χ0n) is 10.5. The van der Waals surface area contributed by atoms with Gasteiger partial charge in [0.2, 0.25) is 0 Å². The van der Waals surface area contributed by atoms with E-state index in [4.69, 9.17) is 4.74 Å². The highest BCUT2D eigenvalue weighted by Crippen LogP contribution is 2.32. The van der Waals surface area contributed by atoms with Crippen LogP contribution in [0.25, 0.3) is 0 Å². The third-order valence-corrected chi connectivity index (χ3v) is 3.45. The molecule has 110 valence electrons. The molecule has 0 aliphatic carbocycles. The Labute approximate surface area is 114 Å². The van der Waals surface area contributed by atoms with Crippen LogP contribution in [0.4, 0.5) is 0 Å². The quantitative estimate of drug-likeness (QED) is 0.456. The first-order chi connectivity index (χ1) is 9.38. The lowest BCUT2D eigenvalue weighted by atomic mass is 9.82. The molecule has 0 saturated carbocycles. The second-order valence-corrected chi connectivity index (χ2v) is 4.79. The Morgan fingerprint density at radius 2 is 1.70 bits per heavy atom. The number of benzene rings is 1. The lowest BCUT2D eigenvalue weighted by Gasteiger charge is -2.44. The van der Waals surface area contributed by atoms with Gasteiger partial charge in [0.25, 0.3) is 0 Å². The average Bonchev–Trinajstić information content (AvgIpc) is 2.43. The van der Waals surface area contributed by atoms with Gasteiger partial charge in [0.05, 0.1) is 0 Å². The van der Waals surface area contributed by atoms with Crippen LogP contribution in [0.2, 0.25) is 0 Å². The molecule has 0 radical (unpaired) electrons. The van der Waals surface area contributed by atoms with Crippen LogP contribution in [-0.4, -0.2) is 61.7 Å². The third-order valence-electron chi connectivity index (χ3n) is 3.45. The van der Waals surface area contributed by atoms with Gasteiger partial charge < -0.3 is 30.3 Å². The smallest absolute Gasteiger partial charge is 0.339 e. The van der Waals surface area contributed by atoms with Crippen LogP contribution < -0.4 is 0 Å². The van der Waals surface area contributed by atoms with Crippen LogP contribution >= 0.6 is 0 Å². The second kappa shape index (κ2) is 5.47. The zero-order valence-corrected chi connectivity index (χ0v) is 10.5. The average molecular weight is 284 g/mol. The molecule has 0 bridgehead atoms. The van der Waals surface area contributed by atoms with Crippen molar-refractivity contribution in [1.82, 2.24) is 0 Å². The molecule has 0 amide bonds. The SMILES string of the molecule is O=C(O)[C@@]1(Cc2ccccc2)O[C@@H](O)[C@H](O)[C@@H](O)[C@@H]1O. The first-order valence-electron chi connectivity index (χ1n) is 6.06. The van der Waals surface area contributed by atoms with Crippen molar-refractivity contribution in [2.24, 2.45) is 0 Å². The van der Waals surface area contributed by atoms with E-state index in [9.17, 15) is 30.3 Å². The van der Waals surface area contributed by atoms with Crippen LogP contribution in [0.1, 0.15) is 5.56 Å². The highest BCUT2D eigenvalue weighted by Gasteiger charge is 2.58. The maximum absolute atomic E-state index is 11.5. The fourth-order valence-electron chi connectivity index (χ4n) is 2.28. The van der Waals surface area contributed by atoms with Crippen LogP contribution in [0, 0.1) is 0 Å². The lowest BCUT2D eigenvalue weighted by molar-refractivity contribution is -0.314. The van der Waals surface area contributed by atoms with Gasteiger partial charge in [-0.3, -0.25) is 0 Å². The number of aliphatic hydroxyl groups excluding tert-OH is 4. The Morgan fingerprint density at radius 1 is 1.10 bits per heavy atom. The van der Waals surface area contributed by atoms with E-state index in [0.29, 0.717) is 5.56 Å². The van der Waals surface area contributed by atoms with Crippen LogP contribution in [0.5, 0.6) is 0 Å². The molecule has 0 unspecified atom stereocenters. The Kier molecular flexibility index (Phi) is 4.07. The molecule has 0 spiro atoms. The maximum Gasteiger partial charge on any atom is 0.339 e. The first-order valence-corrected chi connectivity index (χ1v) is 6.06. The number of carboxylic acids is 1. The van der Waals surface area contributed by atoms with Crippen molar-refractivity contribution in [1.29, 1.82) is 0 Å². The lowest BCUT2D eigenvalue weighted by Crippen LogP contribution is -2.68. The molecule has 7 nitrogen and oxygen atoms in total. The molecule has 5 N–H and O–H groups in total. The van der Waals surface area contributed by atoms with Crippen LogP contribution in [-0.2, 0) is 16.0 Å². The standard InChI is InChI=1S/C13H16O7/c14-8-9(15)11(17)20-13(10(8)16,12(18)19)6-7-4-2-1-3-5-7/h1-5,8-11,14-17H,6H2,(H,18,19)/t8-,9-,10+,11-,13+/m1/s1. The monoisotopic (exact) mass is 284 g/mol. The van der Waals surface area contributed by atoms with Crippen LogP contribution in [0.3, 0.4) is 0 Å². The number of hydrogen-bond donors (Lipinski definition) is 5. The molecule has 0 aromatic heterocycles. The van der Waals surface area contributed by atoms with Crippen molar-refractivity contribution >= 4 is 5.97 Å². The Balaban J connectivity index is 2.36. The summed E-state index contributed by atoms with van der Waals surface area (Å²) in [5, 5.41) is 48.0. The van der Waals surface area contributed by atoms with Gasteiger partial charge in [0, 0.05) is 6.42 Å². The van der Waals surface area contributed by atoms with Gasteiger partial charge in [-0.05, 0) is 5.56 Å². The number of ether oxygens (including phenoxy) is 1. The molecule has 7 heteroatoms. The molecular formula is C13H16O7. The summed E-state index contributed by atoms with van der Waals surface area (Å²) >= 11 is 0. The van der Waals surface area contributed by atoms with Gasteiger partial charge in [-0.1, -0.05) is 30.3 Å². The van der Waals surface area contributed by atoms with Crippen molar-refractivity contribution in [2.45, 2.75) is 36.6 Å². The normalized spacial score (nSPS) is 37.6. The predicted octanol–water partition coefficient (Wildman–Crippen LogP) is -1.52. The molecule has 1 aromatic rings. The molecule has 1 fully saturated rings.